The summed E-state index contributed by atoms with van der Waals surface area (Å²) in [5.74, 6) is -2.69. The normalized spacial score (nSPS) is 10.2. The number of aromatic nitrogens is 1. The minimum absolute atomic E-state index is 0.0216. The highest BCUT2D eigenvalue weighted by Crippen LogP contribution is 2.23. The lowest BCUT2D eigenvalue weighted by Gasteiger charge is -2.09. The molecule has 0 saturated heterocycles. The Morgan fingerprint density at radius 3 is 2.29 bits per heavy atom. The van der Waals surface area contributed by atoms with Gasteiger partial charge in [0.1, 0.15) is 5.69 Å². The third-order valence-corrected chi connectivity index (χ3v) is 2.87. The minimum atomic E-state index is -1.22. The third kappa shape index (κ3) is 2.53. The van der Waals surface area contributed by atoms with E-state index in [-0.39, 0.29) is 27.7 Å². The maximum absolute atomic E-state index is 11.8. The van der Waals surface area contributed by atoms with Crippen LogP contribution in [0.4, 0.5) is 0 Å². The summed E-state index contributed by atoms with van der Waals surface area (Å²) in [6.45, 7) is 0. The van der Waals surface area contributed by atoms with Crippen molar-refractivity contribution >= 4 is 28.8 Å². The molecule has 108 valence electrons. The van der Waals surface area contributed by atoms with Crippen LogP contribution in [0.25, 0.3) is 10.9 Å². The van der Waals surface area contributed by atoms with E-state index in [1.807, 2.05) is 0 Å². The zero-order valence-corrected chi connectivity index (χ0v) is 11.2. The molecule has 1 N–H and O–H groups in total. The van der Waals surface area contributed by atoms with Crippen LogP contribution in [0.2, 0.25) is 0 Å². The Balaban J connectivity index is 2.87. The van der Waals surface area contributed by atoms with Crippen LogP contribution in [0.15, 0.2) is 24.3 Å². The van der Waals surface area contributed by atoms with E-state index in [4.69, 9.17) is 0 Å². The molecule has 7 heteroatoms. The Morgan fingerprint density at radius 1 is 1.05 bits per heavy atom. The largest absolute Gasteiger partial charge is 0.478 e. The molecule has 2 rings (SSSR count). The zero-order chi connectivity index (χ0) is 15.6. The van der Waals surface area contributed by atoms with Crippen molar-refractivity contribution in [1.82, 2.24) is 4.98 Å². The molecule has 0 fully saturated rings. The van der Waals surface area contributed by atoms with Gasteiger partial charge in [0, 0.05) is 5.39 Å². The van der Waals surface area contributed by atoms with E-state index in [0.717, 1.165) is 7.11 Å². The number of carbonyl (C=O) groups is 3. The number of carboxylic acids is 1. The maximum Gasteiger partial charge on any atom is 0.356 e. The average Bonchev–Trinajstić information content (AvgIpc) is 2.51. The fourth-order valence-corrected chi connectivity index (χ4v) is 1.91. The summed E-state index contributed by atoms with van der Waals surface area (Å²) in [6, 6.07) is 5.56. The van der Waals surface area contributed by atoms with Crippen molar-refractivity contribution in [3.05, 3.63) is 41.1 Å². The van der Waals surface area contributed by atoms with Crippen molar-refractivity contribution in [2.75, 3.05) is 14.2 Å². The molecule has 0 aliphatic heterocycles. The highest BCUT2D eigenvalue weighted by atomic mass is 16.5. The van der Waals surface area contributed by atoms with Crippen LogP contribution in [0.1, 0.15) is 31.2 Å². The molecular weight excluding hydrogens is 278 g/mol. The van der Waals surface area contributed by atoms with Crippen LogP contribution in [-0.2, 0) is 9.47 Å². The number of ether oxygens (including phenoxy) is 2. The molecule has 2 aromatic rings. The smallest absolute Gasteiger partial charge is 0.356 e. The van der Waals surface area contributed by atoms with Crippen molar-refractivity contribution in [1.29, 1.82) is 0 Å². The summed E-state index contributed by atoms with van der Waals surface area (Å²) >= 11 is 0. The molecular formula is C14H11NO6. The fourth-order valence-electron chi connectivity index (χ4n) is 1.91. The van der Waals surface area contributed by atoms with Gasteiger partial charge in [0.15, 0.2) is 0 Å². The Bertz CT molecular complexity index is 752. The highest BCUT2D eigenvalue weighted by Gasteiger charge is 2.20. The summed E-state index contributed by atoms with van der Waals surface area (Å²) in [7, 11) is 2.35. The fraction of sp³-hybridized carbons (Fsp3) is 0.143. The molecule has 0 saturated carbocycles. The van der Waals surface area contributed by atoms with Gasteiger partial charge in [0.05, 0.1) is 30.9 Å². The van der Waals surface area contributed by atoms with Crippen molar-refractivity contribution in [3.8, 4) is 0 Å². The van der Waals surface area contributed by atoms with Crippen LogP contribution in [-0.4, -0.2) is 42.2 Å². The first-order valence-corrected chi connectivity index (χ1v) is 5.83. The molecule has 0 amide bonds. The third-order valence-electron chi connectivity index (χ3n) is 2.87. The second kappa shape index (κ2) is 5.58. The Hall–Kier alpha value is -2.96. The van der Waals surface area contributed by atoms with E-state index in [9.17, 15) is 19.5 Å². The van der Waals surface area contributed by atoms with Gasteiger partial charge in [-0.25, -0.2) is 19.4 Å². The van der Waals surface area contributed by atoms with Crippen LogP contribution in [0.5, 0.6) is 0 Å². The van der Waals surface area contributed by atoms with Crippen LogP contribution in [0, 0.1) is 0 Å². The molecule has 1 aromatic heterocycles. The lowest BCUT2D eigenvalue weighted by molar-refractivity contribution is 0.0592. The molecule has 0 radical (unpaired) electrons. The molecule has 0 aliphatic carbocycles. The number of pyridine rings is 1. The average molecular weight is 289 g/mol. The molecule has 0 aliphatic rings. The molecule has 0 unspecified atom stereocenters. The van der Waals surface area contributed by atoms with Gasteiger partial charge in [-0.3, -0.25) is 0 Å². The second-order valence-corrected chi connectivity index (χ2v) is 4.05. The van der Waals surface area contributed by atoms with Crippen molar-refractivity contribution in [3.63, 3.8) is 0 Å². The monoisotopic (exact) mass is 289 g/mol. The molecule has 21 heavy (non-hydrogen) atoms. The Morgan fingerprint density at radius 2 is 1.71 bits per heavy atom. The second-order valence-electron chi connectivity index (χ2n) is 4.05. The van der Waals surface area contributed by atoms with Crippen molar-refractivity contribution in [2.45, 2.75) is 0 Å². The number of esters is 2. The van der Waals surface area contributed by atoms with Gasteiger partial charge in [0.2, 0.25) is 0 Å². The first-order valence-electron chi connectivity index (χ1n) is 5.83. The predicted octanol–water partition coefficient (Wildman–Crippen LogP) is 1.51. The highest BCUT2D eigenvalue weighted by molar-refractivity contribution is 6.10. The van der Waals surface area contributed by atoms with E-state index < -0.39 is 17.9 Å². The number of nitrogens with zero attached hydrogens (tertiary/aromatic N) is 1. The molecule has 0 spiro atoms. The first kappa shape index (κ1) is 14.4. The van der Waals surface area contributed by atoms with Crippen LogP contribution < -0.4 is 0 Å². The van der Waals surface area contributed by atoms with Crippen molar-refractivity contribution < 1.29 is 29.0 Å². The van der Waals surface area contributed by atoms with Gasteiger partial charge in [-0.2, -0.15) is 0 Å². The minimum Gasteiger partial charge on any atom is -0.478 e. The SMILES string of the molecule is COC(=O)c1cc(C(=O)OC)c2cccc(C(=O)O)c2n1. The number of hydrogen-bond donors (Lipinski definition) is 1. The topological polar surface area (TPSA) is 103 Å². The maximum atomic E-state index is 11.8. The Labute approximate surface area is 119 Å². The number of rotatable bonds is 3. The van der Waals surface area contributed by atoms with Gasteiger partial charge in [-0.1, -0.05) is 12.1 Å². The van der Waals surface area contributed by atoms with Crippen molar-refractivity contribution in [2.24, 2.45) is 0 Å². The molecule has 0 bridgehead atoms. The molecule has 7 nitrogen and oxygen atoms in total. The number of para-hydroxylation sites is 1. The van der Waals surface area contributed by atoms with Gasteiger partial charge in [0.25, 0.3) is 0 Å². The number of carbonyl (C=O) groups excluding carboxylic acids is 2. The number of benzene rings is 1. The zero-order valence-electron chi connectivity index (χ0n) is 11.2. The van der Waals surface area contributed by atoms with Crippen LogP contribution in [0.3, 0.4) is 0 Å². The number of fused-ring (bicyclic) bond motifs is 1. The summed E-state index contributed by atoms with van der Waals surface area (Å²) in [5, 5.41) is 9.47. The summed E-state index contributed by atoms with van der Waals surface area (Å²) in [6.07, 6.45) is 0. The van der Waals surface area contributed by atoms with E-state index >= 15 is 0 Å². The Kier molecular flexibility index (Phi) is 3.84. The van der Waals surface area contributed by atoms with E-state index in [1.54, 1.807) is 0 Å². The summed E-state index contributed by atoms with van der Waals surface area (Å²) in [4.78, 5) is 38.7. The first-order chi connectivity index (χ1) is 9.99. The number of hydrogen-bond acceptors (Lipinski definition) is 6. The molecule has 1 aromatic carbocycles. The predicted molar refractivity (Wildman–Crippen MR) is 71.4 cm³/mol. The van der Waals surface area contributed by atoms with Gasteiger partial charge < -0.3 is 14.6 Å². The summed E-state index contributed by atoms with van der Waals surface area (Å²) < 4.78 is 9.20. The van der Waals surface area contributed by atoms with Gasteiger partial charge in [-0.05, 0) is 12.1 Å². The number of carboxylic acid groups (broad SMARTS) is 1. The molecule has 1 heterocycles. The van der Waals surface area contributed by atoms with Crippen LogP contribution >= 0.6 is 0 Å². The van der Waals surface area contributed by atoms with Gasteiger partial charge in [-0.15, -0.1) is 0 Å². The van der Waals surface area contributed by atoms with Gasteiger partial charge >= 0.3 is 17.9 Å². The standard InChI is InChI=1S/C14H11NO6/c1-20-13(18)9-6-10(14(19)21-2)15-11-7(9)4-3-5-8(11)12(16)17/h3-6H,1-2H3,(H,16,17). The van der Waals surface area contributed by atoms with E-state index in [0.29, 0.717) is 0 Å². The van der Waals surface area contributed by atoms with E-state index in [2.05, 4.69) is 14.5 Å². The quantitative estimate of drug-likeness (QED) is 0.854. The molecule has 0 atom stereocenters. The number of methoxy groups -OCH3 is 2. The lowest BCUT2D eigenvalue weighted by Crippen LogP contribution is -2.11. The van der Waals surface area contributed by atoms with E-state index in [1.165, 1.54) is 31.4 Å². The number of aromatic carboxylic acids is 1. The summed E-state index contributed by atoms with van der Waals surface area (Å²) in [5.41, 5.74) is -0.221. The lowest BCUT2D eigenvalue weighted by atomic mass is 10.0.